The number of nitrogens with zero attached hydrogens (tertiary/aromatic N) is 5. The zero-order valence-corrected chi connectivity index (χ0v) is 12.2. The minimum Gasteiger partial charge on any atom is -0.368 e. The number of hydrogen-bond donors (Lipinski definition) is 2. The lowest BCUT2D eigenvalue weighted by Gasteiger charge is -2.09. The Kier molecular flexibility index (Phi) is 3.76. The average molecular weight is 313 g/mol. The summed E-state index contributed by atoms with van der Waals surface area (Å²) in [7, 11) is 0. The van der Waals surface area contributed by atoms with E-state index in [4.69, 9.17) is 11.0 Å². The number of fused-ring (bicyclic) bond motifs is 1. The standard InChI is InChI=1S/C13H11N7OS/c14-5-6-20-10(7-22-13-17-12(15)18-19-13)16-9-4-2-1-3-8(9)11(20)21/h1-4H,6-7H2,(H3,15,17,18,19). The van der Waals surface area contributed by atoms with Gasteiger partial charge < -0.3 is 5.73 Å². The topological polar surface area (TPSA) is 126 Å². The first kappa shape index (κ1) is 14.1. The molecular weight excluding hydrogens is 302 g/mol. The monoisotopic (exact) mass is 313 g/mol. The second-order valence-electron chi connectivity index (χ2n) is 4.39. The van der Waals surface area contributed by atoms with E-state index in [-0.39, 0.29) is 18.1 Å². The Morgan fingerprint density at radius 3 is 2.91 bits per heavy atom. The fourth-order valence-corrected chi connectivity index (χ4v) is 2.76. The van der Waals surface area contributed by atoms with Crippen molar-refractivity contribution in [1.29, 1.82) is 5.26 Å². The van der Waals surface area contributed by atoms with E-state index in [0.717, 1.165) is 0 Å². The van der Waals surface area contributed by atoms with Crippen LogP contribution in [0.25, 0.3) is 10.9 Å². The Morgan fingerprint density at radius 1 is 1.36 bits per heavy atom. The van der Waals surface area contributed by atoms with Crippen LogP contribution in [0.1, 0.15) is 5.82 Å². The fourth-order valence-electron chi connectivity index (χ4n) is 2.01. The summed E-state index contributed by atoms with van der Waals surface area (Å²) in [6, 6.07) is 9.05. The molecule has 9 heteroatoms. The van der Waals surface area contributed by atoms with Gasteiger partial charge in [0.2, 0.25) is 11.1 Å². The predicted octanol–water partition coefficient (Wildman–Crippen LogP) is 0.913. The minimum atomic E-state index is -0.225. The minimum absolute atomic E-state index is 0.0529. The maximum Gasteiger partial charge on any atom is 0.262 e. The van der Waals surface area contributed by atoms with Crippen molar-refractivity contribution in [3.8, 4) is 6.07 Å². The summed E-state index contributed by atoms with van der Waals surface area (Å²) in [5.41, 5.74) is 5.85. The first-order valence-corrected chi connectivity index (χ1v) is 7.33. The van der Waals surface area contributed by atoms with Gasteiger partial charge in [0, 0.05) is 0 Å². The quantitative estimate of drug-likeness (QED) is 0.685. The highest BCUT2D eigenvalue weighted by atomic mass is 32.2. The number of rotatable bonds is 4. The van der Waals surface area contributed by atoms with E-state index in [1.165, 1.54) is 16.3 Å². The third-order valence-corrected chi connectivity index (χ3v) is 3.83. The normalized spacial score (nSPS) is 10.7. The van der Waals surface area contributed by atoms with Crippen molar-refractivity contribution in [1.82, 2.24) is 24.7 Å². The molecule has 0 radical (unpaired) electrons. The summed E-state index contributed by atoms with van der Waals surface area (Å²) in [6.45, 7) is -0.0529. The van der Waals surface area contributed by atoms with Crippen LogP contribution in [0.5, 0.6) is 0 Å². The van der Waals surface area contributed by atoms with Crippen LogP contribution in [-0.2, 0) is 12.3 Å². The van der Waals surface area contributed by atoms with Gasteiger partial charge in [-0.05, 0) is 12.1 Å². The van der Waals surface area contributed by atoms with Gasteiger partial charge in [0.05, 0.1) is 22.7 Å². The Hall–Kier alpha value is -2.86. The molecule has 0 spiro atoms. The maximum atomic E-state index is 12.5. The van der Waals surface area contributed by atoms with Crippen molar-refractivity contribution < 1.29 is 0 Å². The molecule has 0 fully saturated rings. The van der Waals surface area contributed by atoms with Gasteiger partial charge in [-0.15, -0.1) is 5.10 Å². The molecule has 0 atom stereocenters. The average Bonchev–Trinajstić information content (AvgIpc) is 2.94. The molecule has 1 aromatic carbocycles. The molecule has 0 saturated heterocycles. The van der Waals surface area contributed by atoms with Crippen molar-refractivity contribution in [2.24, 2.45) is 0 Å². The van der Waals surface area contributed by atoms with Crippen LogP contribution >= 0.6 is 11.8 Å². The zero-order chi connectivity index (χ0) is 15.5. The third kappa shape index (κ3) is 2.64. The van der Waals surface area contributed by atoms with E-state index in [1.54, 1.807) is 18.2 Å². The molecular formula is C13H11N7OS. The molecule has 0 bridgehead atoms. The van der Waals surface area contributed by atoms with Crippen molar-refractivity contribution in [3.05, 3.63) is 40.4 Å². The molecule has 3 rings (SSSR count). The molecule has 0 unspecified atom stereocenters. The molecule has 3 N–H and O–H groups in total. The summed E-state index contributed by atoms with van der Waals surface area (Å²) in [6.07, 6.45) is 0. The summed E-state index contributed by atoms with van der Waals surface area (Å²) in [4.78, 5) is 20.9. The lowest BCUT2D eigenvalue weighted by Crippen LogP contribution is -2.24. The van der Waals surface area contributed by atoms with E-state index < -0.39 is 0 Å². The molecule has 3 aromatic rings. The number of thioether (sulfide) groups is 1. The van der Waals surface area contributed by atoms with Gasteiger partial charge in [0.25, 0.3) is 5.56 Å². The van der Waals surface area contributed by atoms with Gasteiger partial charge >= 0.3 is 0 Å². The summed E-state index contributed by atoms with van der Waals surface area (Å²) in [5, 5.41) is 16.3. The Morgan fingerprint density at radius 2 is 2.18 bits per heavy atom. The van der Waals surface area contributed by atoms with Crippen LogP contribution in [0, 0.1) is 11.3 Å². The van der Waals surface area contributed by atoms with Crippen LogP contribution in [0.15, 0.2) is 34.2 Å². The molecule has 0 aliphatic carbocycles. The fraction of sp³-hybridized carbons (Fsp3) is 0.154. The summed E-state index contributed by atoms with van der Waals surface area (Å²) >= 11 is 1.29. The first-order valence-electron chi connectivity index (χ1n) is 6.35. The van der Waals surface area contributed by atoms with Gasteiger partial charge in [-0.1, -0.05) is 23.9 Å². The van der Waals surface area contributed by atoms with Crippen LogP contribution in [0.4, 0.5) is 5.95 Å². The second kappa shape index (κ2) is 5.87. The molecule has 0 aliphatic rings. The van der Waals surface area contributed by atoms with Gasteiger partial charge in [-0.3, -0.25) is 9.36 Å². The predicted molar refractivity (Wildman–Crippen MR) is 82.0 cm³/mol. The van der Waals surface area contributed by atoms with Gasteiger partial charge in [-0.25, -0.2) is 10.1 Å². The number of para-hydroxylation sites is 1. The Labute approximate surface area is 129 Å². The van der Waals surface area contributed by atoms with Gasteiger partial charge in [0.1, 0.15) is 12.4 Å². The number of aromatic amines is 1. The lowest BCUT2D eigenvalue weighted by atomic mass is 10.2. The van der Waals surface area contributed by atoms with Gasteiger partial charge in [0.15, 0.2) is 0 Å². The van der Waals surface area contributed by atoms with E-state index in [9.17, 15) is 4.79 Å². The number of hydrogen-bond acceptors (Lipinski definition) is 7. The molecule has 110 valence electrons. The van der Waals surface area contributed by atoms with Crippen molar-refractivity contribution >= 4 is 28.6 Å². The number of nitrogens with one attached hydrogen (secondary N) is 1. The number of aromatic nitrogens is 5. The second-order valence-corrected chi connectivity index (χ2v) is 5.33. The SMILES string of the molecule is N#CCn1c(CSc2n[nH]c(N)n2)nc2ccccc2c1=O. The van der Waals surface area contributed by atoms with Gasteiger partial charge in [-0.2, -0.15) is 10.2 Å². The zero-order valence-electron chi connectivity index (χ0n) is 11.4. The van der Waals surface area contributed by atoms with Crippen LogP contribution in [0.3, 0.4) is 0 Å². The van der Waals surface area contributed by atoms with Crippen LogP contribution in [0.2, 0.25) is 0 Å². The number of anilines is 1. The highest BCUT2D eigenvalue weighted by Crippen LogP contribution is 2.19. The summed E-state index contributed by atoms with van der Waals surface area (Å²) in [5.74, 6) is 1.08. The third-order valence-electron chi connectivity index (χ3n) is 2.98. The number of nitrogen functional groups attached to an aromatic ring is 1. The number of H-pyrrole nitrogens is 1. The van der Waals surface area contributed by atoms with Crippen molar-refractivity contribution in [3.63, 3.8) is 0 Å². The van der Waals surface area contributed by atoms with Crippen molar-refractivity contribution in [2.45, 2.75) is 17.5 Å². The highest BCUT2D eigenvalue weighted by Gasteiger charge is 2.12. The maximum absolute atomic E-state index is 12.5. The first-order chi connectivity index (χ1) is 10.7. The van der Waals surface area contributed by atoms with E-state index in [2.05, 4.69) is 20.2 Å². The molecule has 0 aliphatic heterocycles. The number of nitrogens with two attached hydrogens (primary N) is 1. The Bertz CT molecular complexity index is 924. The van der Waals surface area contributed by atoms with E-state index in [1.807, 2.05) is 12.1 Å². The number of benzene rings is 1. The van der Waals surface area contributed by atoms with Crippen molar-refractivity contribution in [2.75, 3.05) is 5.73 Å². The molecule has 0 saturated carbocycles. The molecule has 2 heterocycles. The largest absolute Gasteiger partial charge is 0.368 e. The molecule has 8 nitrogen and oxygen atoms in total. The van der Waals surface area contributed by atoms with E-state index in [0.29, 0.717) is 27.6 Å². The Balaban J connectivity index is 2.01. The highest BCUT2D eigenvalue weighted by molar-refractivity contribution is 7.98. The molecule has 2 aromatic heterocycles. The van der Waals surface area contributed by atoms with Crippen LogP contribution < -0.4 is 11.3 Å². The van der Waals surface area contributed by atoms with Crippen LogP contribution in [-0.4, -0.2) is 24.7 Å². The number of nitriles is 1. The summed E-state index contributed by atoms with van der Waals surface area (Å²) < 4.78 is 1.37. The smallest absolute Gasteiger partial charge is 0.262 e. The molecule has 22 heavy (non-hydrogen) atoms. The molecule has 0 amide bonds. The lowest BCUT2D eigenvalue weighted by molar-refractivity contribution is 0.730. The van der Waals surface area contributed by atoms with E-state index >= 15 is 0 Å².